The Labute approximate surface area is 122 Å². The van der Waals surface area contributed by atoms with Gasteiger partial charge in [0.2, 0.25) is 0 Å². The number of nitrogens with one attached hydrogen (secondary N) is 2. The number of halogens is 1. The number of rotatable bonds is 3. The zero-order chi connectivity index (χ0) is 15.7. The van der Waals surface area contributed by atoms with Gasteiger partial charge in [-0.1, -0.05) is 6.07 Å². The molecule has 0 saturated carbocycles. The van der Waals surface area contributed by atoms with Crippen LogP contribution in [0.25, 0.3) is 0 Å². The minimum atomic E-state index is -0.397. The Kier molecular flexibility index (Phi) is 3.93. The van der Waals surface area contributed by atoms with Crippen molar-refractivity contribution in [3.8, 4) is 0 Å². The quantitative estimate of drug-likeness (QED) is 0.849. The lowest BCUT2D eigenvalue weighted by Crippen LogP contribution is -2.14. The van der Waals surface area contributed by atoms with E-state index in [1.54, 1.807) is 32.9 Å². The smallest absolute Gasteiger partial charge is 0.272 e. The zero-order valence-electron chi connectivity index (χ0n) is 12.4. The van der Waals surface area contributed by atoms with Crippen LogP contribution < -0.4 is 5.32 Å². The standard InChI is InChI=1S/C16H17FN2O2/c1-8-5-6-12(7-13(8)17)19-16(21)15-9(2)14(11(4)20)10(3)18-15/h5-7,18H,1-4H3,(H,19,21). The van der Waals surface area contributed by atoms with Crippen LogP contribution in [0, 0.1) is 26.6 Å². The third kappa shape index (κ3) is 2.86. The molecule has 1 amide bonds. The lowest BCUT2D eigenvalue weighted by molar-refractivity contribution is 0.101. The van der Waals surface area contributed by atoms with Gasteiger partial charge in [-0.3, -0.25) is 9.59 Å². The van der Waals surface area contributed by atoms with Gasteiger partial charge >= 0.3 is 0 Å². The zero-order valence-corrected chi connectivity index (χ0v) is 12.4. The molecule has 0 radical (unpaired) electrons. The van der Waals surface area contributed by atoms with Crippen molar-refractivity contribution in [3.05, 3.63) is 52.1 Å². The van der Waals surface area contributed by atoms with Crippen LogP contribution >= 0.6 is 0 Å². The van der Waals surface area contributed by atoms with E-state index in [0.29, 0.717) is 33.8 Å². The Morgan fingerprint density at radius 3 is 2.38 bits per heavy atom. The number of amides is 1. The summed E-state index contributed by atoms with van der Waals surface area (Å²) in [6, 6.07) is 4.50. The summed E-state index contributed by atoms with van der Waals surface area (Å²) < 4.78 is 13.5. The lowest BCUT2D eigenvalue weighted by Gasteiger charge is -2.06. The van der Waals surface area contributed by atoms with E-state index in [2.05, 4.69) is 10.3 Å². The van der Waals surface area contributed by atoms with Gasteiger partial charge in [0.15, 0.2) is 5.78 Å². The average molecular weight is 288 g/mol. The van der Waals surface area contributed by atoms with Crippen molar-refractivity contribution in [1.82, 2.24) is 4.98 Å². The summed E-state index contributed by atoms with van der Waals surface area (Å²) in [5.74, 6) is -0.871. The summed E-state index contributed by atoms with van der Waals surface area (Å²) >= 11 is 0. The Hall–Kier alpha value is -2.43. The highest BCUT2D eigenvalue weighted by Crippen LogP contribution is 2.20. The summed E-state index contributed by atoms with van der Waals surface area (Å²) in [6.45, 7) is 6.57. The normalized spacial score (nSPS) is 10.5. The molecule has 2 N–H and O–H groups in total. The molecule has 0 bridgehead atoms. The maximum absolute atomic E-state index is 13.5. The molecule has 21 heavy (non-hydrogen) atoms. The SMILES string of the molecule is CC(=O)c1c(C)[nH]c(C(=O)Nc2ccc(C)c(F)c2)c1C. The molecule has 2 rings (SSSR count). The number of Topliss-reactive ketones (excluding diaryl/α,β-unsaturated/α-hetero) is 1. The number of ketones is 1. The monoisotopic (exact) mass is 288 g/mol. The summed E-state index contributed by atoms with van der Waals surface area (Å²) in [5, 5.41) is 2.63. The second-order valence-corrected chi connectivity index (χ2v) is 5.10. The molecule has 4 nitrogen and oxygen atoms in total. The molecule has 0 spiro atoms. The molecule has 110 valence electrons. The van der Waals surface area contributed by atoms with E-state index in [-0.39, 0.29) is 11.6 Å². The van der Waals surface area contributed by atoms with Gasteiger partial charge in [0.25, 0.3) is 5.91 Å². The average Bonchev–Trinajstić information content (AvgIpc) is 2.69. The minimum absolute atomic E-state index is 0.0957. The first-order valence-electron chi connectivity index (χ1n) is 6.59. The van der Waals surface area contributed by atoms with Gasteiger partial charge < -0.3 is 10.3 Å². The number of aryl methyl sites for hydroxylation is 2. The number of carbonyl (C=O) groups is 2. The number of hydrogen-bond donors (Lipinski definition) is 2. The fourth-order valence-corrected chi connectivity index (χ4v) is 2.37. The fourth-order valence-electron chi connectivity index (χ4n) is 2.37. The van der Waals surface area contributed by atoms with E-state index in [9.17, 15) is 14.0 Å². The van der Waals surface area contributed by atoms with Gasteiger partial charge in [-0.2, -0.15) is 0 Å². The van der Waals surface area contributed by atoms with Crippen LogP contribution in [0.15, 0.2) is 18.2 Å². The van der Waals surface area contributed by atoms with Gasteiger partial charge in [0.1, 0.15) is 11.5 Å². The van der Waals surface area contributed by atoms with Gasteiger partial charge in [-0.05, 0) is 51.0 Å². The molecule has 0 aliphatic carbocycles. The van der Waals surface area contributed by atoms with Crippen LogP contribution in [0.3, 0.4) is 0 Å². The lowest BCUT2D eigenvalue weighted by atomic mass is 10.1. The van der Waals surface area contributed by atoms with Crippen molar-refractivity contribution in [2.45, 2.75) is 27.7 Å². The van der Waals surface area contributed by atoms with Crippen LogP contribution in [0.1, 0.15) is 44.6 Å². The second-order valence-electron chi connectivity index (χ2n) is 5.10. The molecule has 0 unspecified atom stereocenters. The molecule has 0 saturated heterocycles. The van der Waals surface area contributed by atoms with Crippen molar-refractivity contribution in [3.63, 3.8) is 0 Å². The van der Waals surface area contributed by atoms with E-state index >= 15 is 0 Å². The molecule has 1 aromatic carbocycles. The van der Waals surface area contributed by atoms with Crippen LogP contribution in [-0.2, 0) is 0 Å². The maximum Gasteiger partial charge on any atom is 0.272 e. The molecular weight excluding hydrogens is 271 g/mol. The third-order valence-corrected chi connectivity index (χ3v) is 3.45. The maximum atomic E-state index is 13.5. The topological polar surface area (TPSA) is 62.0 Å². The van der Waals surface area contributed by atoms with E-state index in [0.717, 1.165) is 0 Å². The first-order valence-corrected chi connectivity index (χ1v) is 6.59. The van der Waals surface area contributed by atoms with Crippen molar-refractivity contribution in [1.29, 1.82) is 0 Å². The van der Waals surface area contributed by atoms with E-state index in [1.165, 1.54) is 13.0 Å². The summed E-state index contributed by atoms with van der Waals surface area (Å²) in [6.07, 6.45) is 0. The largest absolute Gasteiger partial charge is 0.354 e. The van der Waals surface area contributed by atoms with Crippen molar-refractivity contribution < 1.29 is 14.0 Å². The first-order chi connectivity index (χ1) is 9.81. The minimum Gasteiger partial charge on any atom is -0.354 e. The van der Waals surface area contributed by atoms with Crippen LogP contribution in [-0.4, -0.2) is 16.7 Å². The van der Waals surface area contributed by atoms with Crippen LogP contribution in [0.5, 0.6) is 0 Å². The van der Waals surface area contributed by atoms with Gasteiger partial charge in [0.05, 0.1) is 0 Å². The van der Waals surface area contributed by atoms with E-state index in [4.69, 9.17) is 0 Å². The van der Waals surface area contributed by atoms with Crippen LogP contribution in [0.4, 0.5) is 10.1 Å². The molecule has 0 fully saturated rings. The Morgan fingerprint density at radius 2 is 1.86 bits per heavy atom. The first kappa shape index (κ1) is 15.0. The number of aromatic nitrogens is 1. The summed E-state index contributed by atoms with van der Waals surface area (Å²) in [7, 11) is 0. The molecule has 5 heteroatoms. The van der Waals surface area contributed by atoms with Crippen molar-refractivity contribution in [2.75, 3.05) is 5.32 Å². The van der Waals surface area contributed by atoms with Gasteiger partial charge in [-0.25, -0.2) is 4.39 Å². The molecule has 1 heterocycles. The highest BCUT2D eigenvalue weighted by molar-refractivity contribution is 6.07. The Morgan fingerprint density at radius 1 is 1.19 bits per heavy atom. The van der Waals surface area contributed by atoms with Crippen molar-refractivity contribution >= 4 is 17.4 Å². The number of anilines is 1. The summed E-state index contributed by atoms with van der Waals surface area (Å²) in [4.78, 5) is 26.7. The number of carbonyl (C=O) groups excluding carboxylic acids is 2. The van der Waals surface area contributed by atoms with E-state index in [1.807, 2.05) is 0 Å². The molecule has 0 atom stereocenters. The number of benzene rings is 1. The van der Waals surface area contributed by atoms with Gasteiger partial charge in [0, 0.05) is 16.9 Å². The van der Waals surface area contributed by atoms with Crippen molar-refractivity contribution in [2.24, 2.45) is 0 Å². The number of H-pyrrole nitrogens is 1. The predicted octanol–water partition coefficient (Wildman–Crippen LogP) is 3.53. The fraction of sp³-hybridized carbons (Fsp3) is 0.250. The summed E-state index contributed by atoms with van der Waals surface area (Å²) in [5.41, 5.74) is 2.98. The Bertz CT molecular complexity index is 732. The molecular formula is C16H17FN2O2. The Balaban J connectivity index is 2.31. The molecule has 0 aliphatic heterocycles. The molecule has 0 aliphatic rings. The highest BCUT2D eigenvalue weighted by atomic mass is 19.1. The number of aromatic amines is 1. The molecule has 2 aromatic rings. The second kappa shape index (κ2) is 5.52. The third-order valence-electron chi connectivity index (χ3n) is 3.45. The van der Waals surface area contributed by atoms with Gasteiger partial charge in [-0.15, -0.1) is 0 Å². The molecule has 1 aromatic heterocycles. The van der Waals surface area contributed by atoms with Crippen LogP contribution in [0.2, 0.25) is 0 Å². The van der Waals surface area contributed by atoms with E-state index < -0.39 is 5.91 Å². The number of hydrogen-bond acceptors (Lipinski definition) is 2. The highest BCUT2D eigenvalue weighted by Gasteiger charge is 2.19. The predicted molar refractivity (Wildman–Crippen MR) is 79.4 cm³/mol.